The maximum atomic E-state index is 18.5. The van der Waals surface area contributed by atoms with E-state index < -0.39 is 35.3 Å². The summed E-state index contributed by atoms with van der Waals surface area (Å²) in [4.78, 5) is 0. The standard InChI is InChI=1S/C28H63FN4Si3/c1-22(2,3)34(23(4,5)6,24(7,8)9)32-30-31-33(35(29,25(10,11)12)26(13,14)15)36(32,27(16,17)18)28(19,20)21/h1-21H3. The lowest BCUT2D eigenvalue weighted by molar-refractivity contribution is 0.364. The van der Waals surface area contributed by atoms with Crippen LogP contribution in [0.2, 0.25) is 35.3 Å². The average Bonchev–Trinajstić information content (AvgIpc) is 2.88. The van der Waals surface area contributed by atoms with Gasteiger partial charge in [-0.1, -0.05) is 156 Å². The summed E-state index contributed by atoms with van der Waals surface area (Å²) < 4.78 is 23.2. The monoisotopic (exact) mass is 558 g/mol. The van der Waals surface area contributed by atoms with Crippen LogP contribution < -0.4 is 0 Å². The predicted octanol–water partition coefficient (Wildman–Crippen LogP) is 11.3. The molecule has 0 radical (unpaired) electrons. The van der Waals surface area contributed by atoms with E-state index in [1.807, 2.05) is 0 Å². The molecule has 1 rings (SSSR count). The van der Waals surface area contributed by atoms with Gasteiger partial charge in [-0.25, -0.2) is 0 Å². The highest BCUT2D eigenvalue weighted by molar-refractivity contribution is 7.02. The first-order valence-corrected chi connectivity index (χ1v) is 19.6. The summed E-state index contributed by atoms with van der Waals surface area (Å²) in [6.45, 7) is 48.3. The third kappa shape index (κ3) is 4.31. The largest absolute Gasteiger partial charge is 0.370 e. The minimum Gasteiger partial charge on any atom is -0.307 e. The molecule has 36 heavy (non-hydrogen) atoms. The summed E-state index contributed by atoms with van der Waals surface area (Å²) in [5, 5.41) is 8.76. The van der Waals surface area contributed by atoms with Crippen molar-refractivity contribution in [3.8, 4) is 0 Å². The molecular formula is C28H63FN4Si3. The lowest BCUT2D eigenvalue weighted by Crippen LogP contribution is -2.84. The van der Waals surface area contributed by atoms with Crippen LogP contribution in [0.15, 0.2) is 10.4 Å². The molecule has 1 aliphatic rings. The second-order valence-corrected chi connectivity index (χ2v) is 35.7. The number of halogens is 1. The number of hydrogen-bond acceptors (Lipinski definition) is 4. The van der Waals surface area contributed by atoms with Gasteiger partial charge in [-0.15, -0.1) is 0 Å². The SMILES string of the molecule is CC(C)(C)[Si](F)(N1N=NN([Si](C(C)(C)C)(C(C)(C)C)C(C)(C)C)[Si]1(C(C)(C)C)C(C)(C)C)C(C)(C)C. The van der Waals surface area contributed by atoms with Gasteiger partial charge in [0, 0.05) is 10.1 Å². The van der Waals surface area contributed by atoms with Gasteiger partial charge >= 0.3 is 8.57 Å². The number of hydrogen-bond donors (Lipinski definition) is 0. The van der Waals surface area contributed by atoms with Gasteiger partial charge in [0.05, 0.1) is 0 Å². The Morgan fingerprint density at radius 1 is 0.444 bits per heavy atom. The molecule has 0 aliphatic carbocycles. The maximum absolute atomic E-state index is 18.5. The van der Waals surface area contributed by atoms with Crippen molar-refractivity contribution in [2.75, 3.05) is 0 Å². The molecule has 1 aliphatic heterocycles. The number of nitrogens with zero attached hydrogens (tertiary/aromatic N) is 4. The highest BCUT2D eigenvalue weighted by Crippen LogP contribution is 2.71. The van der Waals surface area contributed by atoms with E-state index in [2.05, 4.69) is 154 Å². The molecule has 0 aromatic rings. The van der Waals surface area contributed by atoms with Crippen molar-refractivity contribution >= 4 is 25.2 Å². The van der Waals surface area contributed by atoms with Gasteiger partial charge in [0.2, 0.25) is 0 Å². The van der Waals surface area contributed by atoms with Gasteiger partial charge in [-0.05, 0) is 25.2 Å². The van der Waals surface area contributed by atoms with Crippen LogP contribution >= 0.6 is 0 Å². The molecule has 0 fully saturated rings. The molecule has 0 N–H and O–H groups in total. The first-order valence-electron chi connectivity index (χ1n) is 13.9. The van der Waals surface area contributed by atoms with Gasteiger partial charge in [-0.3, -0.25) is 8.45 Å². The highest BCUT2D eigenvalue weighted by atomic mass is 28.5. The van der Waals surface area contributed by atoms with E-state index in [0.29, 0.717) is 0 Å². The fourth-order valence-corrected chi connectivity index (χ4v) is 40.9. The molecule has 0 saturated heterocycles. The molecule has 0 bridgehead atoms. The number of rotatable bonds is 2. The third-order valence-corrected chi connectivity index (χ3v) is 30.1. The van der Waals surface area contributed by atoms with Crippen molar-refractivity contribution in [3.05, 3.63) is 0 Å². The summed E-state index contributed by atoms with van der Waals surface area (Å²) in [6.07, 6.45) is 0. The first kappa shape index (κ1) is 33.8. The second-order valence-electron chi connectivity index (χ2n) is 18.6. The summed E-state index contributed by atoms with van der Waals surface area (Å²) in [7, 11) is -9.40. The van der Waals surface area contributed by atoms with Crippen molar-refractivity contribution in [1.82, 2.24) is 8.68 Å². The minimum atomic E-state index is -3.76. The zero-order valence-corrected chi connectivity index (χ0v) is 31.2. The summed E-state index contributed by atoms with van der Waals surface area (Å²) in [5.41, 5.74) is 0. The maximum Gasteiger partial charge on any atom is 0.370 e. The van der Waals surface area contributed by atoms with Crippen LogP contribution in [0.1, 0.15) is 145 Å². The highest BCUT2D eigenvalue weighted by Gasteiger charge is 2.80. The molecule has 214 valence electrons. The average molecular weight is 559 g/mol. The Morgan fingerprint density at radius 3 is 0.889 bits per heavy atom. The Bertz CT molecular complexity index is 771. The van der Waals surface area contributed by atoms with Gasteiger partial charge in [-0.2, -0.15) is 0 Å². The van der Waals surface area contributed by atoms with Crippen molar-refractivity contribution in [2.24, 2.45) is 10.4 Å². The smallest absolute Gasteiger partial charge is 0.307 e. The van der Waals surface area contributed by atoms with E-state index in [-0.39, 0.29) is 25.2 Å². The van der Waals surface area contributed by atoms with Crippen molar-refractivity contribution in [1.29, 1.82) is 0 Å². The van der Waals surface area contributed by atoms with Crippen molar-refractivity contribution in [2.45, 2.75) is 181 Å². The van der Waals surface area contributed by atoms with Crippen LogP contribution in [-0.2, 0) is 0 Å². The van der Waals surface area contributed by atoms with E-state index in [4.69, 9.17) is 10.4 Å². The molecule has 4 nitrogen and oxygen atoms in total. The Kier molecular flexibility index (Phi) is 8.11. The van der Waals surface area contributed by atoms with E-state index in [1.165, 1.54) is 0 Å². The van der Waals surface area contributed by atoms with Gasteiger partial charge in [0.15, 0.2) is 8.24 Å². The van der Waals surface area contributed by atoms with E-state index >= 15 is 4.11 Å². The summed E-state index contributed by atoms with van der Waals surface area (Å²) in [6, 6.07) is 0. The van der Waals surface area contributed by atoms with E-state index in [9.17, 15) is 0 Å². The Labute approximate surface area is 228 Å². The van der Waals surface area contributed by atoms with Gasteiger partial charge < -0.3 is 4.34 Å². The Balaban J connectivity index is 4.59. The van der Waals surface area contributed by atoms with Crippen LogP contribution in [0.4, 0.5) is 4.11 Å². The second kappa shape index (κ2) is 8.64. The lowest BCUT2D eigenvalue weighted by atomic mass is 10.2. The normalized spacial score (nSPS) is 19.4. The Hall–Kier alpha value is -0.219. The van der Waals surface area contributed by atoms with Crippen LogP contribution in [0, 0.1) is 0 Å². The molecule has 8 heteroatoms. The quantitative estimate of drug-likeness (QED) is 0.249. The fraction of sp³-hybridized carbons (Fsp3) is 1.00. The summed E-state index contributed by atoms with van der Waals surface area (Å²) >= 11 is 0. The van der Waals surface area contributed by atoms with Crippen LogP contribution in [0.3, 0.4) is 0 Å². The topological polar surface area (TPSA) is 31.2 Å². The van der Waals surface area contributed by atoms with Gasteiger partial charge in [0.1, 0.15) is 0 Å². The first-order chi connectivity index (χ1) is 15.2. The fourth-order valence-electron chi connectivity index (χ4n) is 9.38. The molecule has 0 spiro atoms. The van der Waals surface area contributed by atoms with Crippen LogP contribution in [0.5, 0.6) is 0 Å². The molecule has 0 aromatic carbocycles. The summed E-state index contributed by atoms with van der Waals surface area (Å²) in [5.74, 6) is 0. The lowest BCUT2D eigenvalue weighted by Gasteiger charge is -2.70. The van der Waals surface area contributed by atoms with Crippen LogP contribution in [-0.4, -0.2) is 33.9 Å². The van der Waals surface area contributed by atoms with Crippen molar-refractivity contribution < 1.29 is 4.11 Å². The van der Waals surface area contributed by atoms with Crippen molar-refractivity contribution in [3.63, 3.8) is 0 Å². The zero-order chi connectivity index (χ0) is 29.6. The molecule has 0 amide bonds. The van der Waals surface area contributed by atoms with E-state index in [0.717, 1.165) is 0 Å². The molecule has 0 saturated carbocycles. The van der Waals surface area contributed by atoms with E-state index in [1.54, 1.807) is 0 Å². The van der Waals surface area contributed by atoms with Gasteiger partial charge in [0.25, 0.3) is 8.40 Å². The zero-order valence-electron chi connectivity index (χ0n) is 28.2. The molecule has 0 unspecified atom stereocenters. The Morgan fingerprint density at radius 2 is 0.694 bits per heavy atom. The predicted molar refractivity (Wildman–Crippen MR) is 165 cm³/mol. The molecule has 1 heterocycles. The third-order valence-electron chi connectivity index (χ3n) is 8.78. The molecule has 0 atom stereocenters. The molecule has 0 aromatic heterocycles. The molecular weight excluding hydrogens is 496 g/mol. The van der Waals surface area contributed by atoms with Crippen LogP contribution in [0.25, 0.3) is 0 Å². The minimum absolute atomic E-state index is 0.0305.